The van der Waals surface area contributed by atoms with Crippen molar-refractivity contribution in [1.82, 2.24) is 15.4 Å². The summed E-state index contributed by atoms with van der Waals surface area (Å²) in [4.78, 5) is 10.3. The van der Waals surface area contributed by atoms with Crippen LogP contribution in [0.4, 0.5) is 11.4 Å². The molecule has 2 aliphatic rings. The lowest BCUT2D eigenvalue weighted by atomic mass is 9.87. The van der Waals surface area contributed by atoms with E-state index in [1.54, 1.807) is 0 Å². The van der Waals surface area contributed by atoms with Crippen LogP contribution in [0.15, 0.2) is 156 Å². The maximum atomic E-state index is 5.38. The number of fused-ring (bicyclic) bond motifs is 5. The fourth-order valence-corrected chi connectivity index (χ4v) is 6.61. The molecular weight excluding hydrogens is 562 g/mol. The minimum absolute atomic E-state index is 0.755. The number of para-hydroxylation sites is 1. The highest BCUT2D eigenvalue weighted by Gasteiger charge is 2.26. The van der Waals surface area contributed by atoms with E-state index in [2.05, 4.69) is 113 Å². The molecule has 7 aromatic rings. The highest BCUT2D eigenvalue weighted by atomic mass is 15.3. The first-order valence-electron chi connectivity index (χ1n) is 15.3. The minimum Gasteiger partial charge on any atom is -0.248 e. The Morgan fingerprint density at radius 3 is 1.80 bits per heavy atom. The number of hydrogen-bond donors (Lipinski definition) is 0. The van der Waals surface area contributed by atoms with E-state index in [9.17, 15) is 0 Å². The molecule has 0 N–H and O–H groups in total. The zero-order valence-corrected chi connectivity index (χ0v) is 24.7. The van der Waals surface area contributed by atoms with Crippen molar-refractivity contribution in [3.8, 4) is 55.9 Å². The molecule has 0 atom stereocenters. The highest BCUT2D eigenvalue weighted by molar-refractivity contribution is 6.29. The van der Waals surface area contributed by atoms with E-state index in [-0.39, 0.29) is 0 Å². The maximum Gasteiger partial charge on any atom is 0.105 e. The molecule has 0 saturated carbocycles. The summed E-state index contributed by atoms with van der Waals surface area (Å²) in [6, 6.07) is 49.9. The van der Waals surface area contributed by atoms with Crippen molar-refractivity contribution >= 4 is 23.2 Å². The topological polar surface area (TPSA) is 63.4 Å². The van der Waals surface area contributed by atoms with Crippen LogP contribution in [0, 0.1) is 0 Å². The normalized spacial score (nSPS) is 12.4. The van der Waals surface area contributed by atoms with Crippen molar-refractivity contribution in [2.24, 2.45) is 9.98 Å². The molecule has 0 amide bonds. The molecule has 0 bridgehead atoms. The van der Waals surface area contributed by atoms with E-state index in [0.29, 0.717) is 0 Å². The maximum absolute atomic E-state index is 5.38. The summed E-state index contributed by atoms with van der Waals surface area (Å²) in [5.74, 6) is 0. The van der Waals surface area contributed by atoms with Crippen molar-refractivity contribution in [2.75, 3.05) is 0 Å². The fraction of sp³-hybridized carbons (Fsp3) is 0. The van der Waals surface area contributed by atoms with Crippen LogP contribution in [0.25, 0.3) is 62.0 Å². The molecule has 0 fully saturated rings. The number of aliphatic imine (C=N–C) groups is 1. The molecule has 0 aliphatic carbocycles. The Hall–Kier alpha value is -6.33. The highest BCUT2D eigenvalue weighted by Crippen LogP contribution is 2.43. The monoisotopic (exact) mass is 587 g/mol. The molecule has 6 aromatic carbocycles. The van der Waals surface area contributed by atoms with Crippen LogP contribution in [0.3, 0.4) is 0 Å². The summed E-state index contributed by atoms with van der Waals surface area (Å²) in [5.41, 5.74) is 13.6. The SMILES string of the molecule is C1=c2ccc3c(c2N=C1c1c(-c2ccccc2)cccc1-c1nnnc(-c2ccccc2)c1-c1ccccc1)-c1ccccc1N=3. The van der Waals surface area contributed by atoms with Crippen LogP contribution in [0.2, 0.25) is 0 Å². The molecular formula is C41H25N5. The summed E-state index contributed by atoms with van der Waals surface area (Å²) in [6.45, 7) is 0. The van der Waals surface area contributed by atoms with Gasteiger partial charge in [-0.25, -0.2) is 9.98 Å². The van der Waals surface area contributed by atoms with Crippen LogP contribution in [0.5, 0.6) is 0 Å². The second kappa shape index (κ2) is 10.7. The number of benzene rings is 6. The number of hydrogen-bond acceptors (Lipinski definition) is 5. The van der Waals surface area contributed by atoms with Gasteiger partial charge in [0.25, 0.3) is 0 Å². The predicted octanol–water partition coefficient (Wildman–Crippen LogP) is 8.39. The minimum atomic E-state index is 0.755. The summed E-state index contributed by atoms with van der Waals surface area (Å²) < 4.78 is 0. The molecule has 0 saturated heterocycles. The first-order valence-corrected chi connectivity index (χ1v) is 15.3. The summed E-state index contributed by atoms with van der Waals surface area (Å²) in [7, 11) is 0. The number of aromatic nitrogens is 3. The number of rotatable bonds is 5. The third kappa shape index (κ3) is 4.21. The average molecular weight is 588 g/mol. The van der Waals surface area contributed by atoms with Crippen LogP contribution < -0.4 is 10.6 Å². The molecule has 5 nitrogen and oxygen atoms in total. The van der Waals surface area contributed by atoms with Gasteiger partial charge in [0.1, 0.15) is 11.4 Å². The van der Waals surface area contributed by atoms with Gasteiger partial charge in [-0.15, -0.1) is 10.2 Å². The second-order valence-corrected chi connectivity index (χ2v) is 11.4. The number of nitrogens with zero attached hydrogens (tertiary/aromatic N) is 5. The first-order chi connectivity index (χ1) is 22.8. The molecule has 1 aromatic heterocycles. The lowest BCUT2D eigenvalue weighted by molar-refractivity contribution is 0.878. The molecule has 0 spiro atoms. The molecule has 9 rings (SSSR count). The van der Waals surface area contributed by atoms with Gasteiger partial charge in [0.05, 0.1) is 22.4 Å². The molecule has 5 heteroatoms. The Bertz CT molecular complexity index is 2450. The Morgan fingerprint density at radius 2 is 1.02 bits per heavy atom. The third-order valence-electron chi connectivity index (χ3n) is 8.66. The van der Waals surface area contributed by atoms with Gasteiger partial charge >= 0.3 is 0 Å². The van der Waals surface area contributed by atoms with Crippen molar-refractivity contribution in [2.45, 2.75) is 0 Å². The Labute approximate surface area is 265 Å². The van der Waals surface area contributed by atoms with Crippen molar-refractivity contribution in [1.29, 1.82) is 0 Å². The lowest BCUT2D eigenvalue weighted by Crippen LogP contribution is -2.09. The Morgan fingerprint density at radius 1 is 0.391 bits per heavy atom. The van der Waals surface area contributed by atoms with E-state index in [0.717, 1.165) is 89.1 Å². The molecule has 214 valence electrons. The molecule has 2 aliphatic heterocycles. The standard InChI is InChI=1S/C41H25N5/c1-4-13-26(14-5-1)30-20-12-21-32(41-36(27-15-6-2-7-16-27)40(44-46-45-41)28-17-8-3-9-18-28)37(30)35-25-29-23-24-34-38(39(29)43-35)31-19-10-11-22-33(31)42-34/h1-25H. The smallest absolute Gasteiger partial charge is 0.105 e. The lowest BCUT2D eigenvalue weighted by Gasteiger charge is -2.18. The van der Waals surface area contributed by atoms with E-state index < -0.39 is 0 Å². The zero-order chi connectivity index (χ0) is 30.5. The van der Waals surface area contributed by atoms with Crippen LogP contribution in [-0.2, 0) is 0 Å². The third-order valence-corrected chi connectivity index (χ3v) is 8.66. The van der Waals surface area contributed by atoms with Crippen molar-refractivity contribution in [3.05, 3.63) is 162 Å². The second-order valence-electron chi connectivity index (χ2n) is 11.4. The molecule has 0 radical (unpaired) electrons. The van der Waals surface area contributed by atoms with Gasteiger partial charge in [-0.2, -0.15) is 0 Å². The van der Waals surface area contributed by atoms with Gasteiger partial charge in [-0.05, 0) is 40.1 Å². The van der Waals surface area contributed by atoms with E-state index in [1.807, 2.05) is 48.5 Å². The van der Waals surface area contributed by atoms with Crippen molar-refractivity contribution < 1.29 is 0 Å². The van der Waals surface area contributed by atoms with Crippen LogP contribution in [0.1, 0.15) is 5.56 Å². The molecule has 3 heterocycles. The quantitative estimate of drug-likeness (QED) is 0.203. The van der Waals surface area contributed by atoms with Gasteiger partial charge in [0.15, 0.2) is 0 Å². The predicted molar refractivity (Wildman–Crippen MR) is 185 cm³/mol. The van der Waals surface area contributed by atoms with Crippen molar-refractivity contribution in [3.63, 3.8) is 0 Å². The first kappa shape index (κ1) is 26.1. The zero-order valence-electron chi connectivity index (χ0n) is 24.7. The van der Waals surface area contributed by atoms with Gasteiger partial charge in [0, 0.05) is 38.6 Å². The van der Waals surface area contributed by atoms with Gasteiger partial charge in [-0.1, -0.05) is 133 Å². The van der Waals surface area contributed by atoms with Gasteiger partial charge < -0.3 is 0 Å². The van der Waals surface area contributed by atoms with E-state index >= 15 is 0 Å². The fourth-order valence-electron chi connectivity index (χ4n) is 6.61. The summed E-state index contributed by atoms with van der Waals surface area (Å²) in [5, 5.41) is 15.7. The van der Waals surface area contributed by atoms with Crippen LogP contribution in [-0.4, -0.2) is 21.1 Å². The molecule has 46 heavy (non-hydrogen) atoms. The Kier molecular flexibility index (Phi) is 6.06. The Balaban J connectivity index is 1.34. The van der Waals surface area contributed by atoms with Gasteiger partial charge in [-0.3, -0.25) is 0 Å². The summed E-state index contributed by atoms with van der Waals surface area (Å²) in [6.07, 6.45) is 2.19. The average Bonchev–Trinajstić information content (AvgIpc) is 3.74. The van der Waals surface area contributed by atoms with Gasteiger partial charge in [0.2, 0.25) is 0 Å². The largest absolute Gasteiger partial charge is 0.248 e. The summed E-state index contributed by atoms with van der Waals surface area (Å²) >= 11 is 0. The van der Waals surface area contributed by atoms with E-state index in [4.69, 9.17) is 15.1 Å². The van der Waals surface area contributed by atoms with Crippen LogP contribution >= 0.6 is 0 Å². The van der Waals surface area contributed by atoms with E-state index in [1.165, 1.54) is 0 Å². The molecule has 0 unspecified atom stereocenters.